The molecule has 6 nitrogen and oxygen atoms in total. The average Bonchev–Trinajstić information content (AvgIpc) is 2.50. The number of likely N-dealkylation sites (tertiary alicyclic amines) is 1. The van der Waals surface area contributed by atoms with Crippen LogP contribution in [0.15, 0.2) is 0 Å². The molecule has 1 N–H and O–H groups in total. The zero-order valence-corrected chi connectivity index (χ0v) is 13.9. The minimum atomic E-state index is -0.431. The van der Waals surface area contributed by atoms with Crippen LogP contribution in [0.25, 0.3) is 0 Å². The number of amides is 1. The van der Waals surface area contributed by atoms with Crippen LogP contribution in [0, 0.1) is 13.8 Å². The van der Waals surface area contributed by atoms with E-state index in [1.54, 1.807) is 4.90 Å². The first-order valence-electron chi connectivity index (χ1n) is 7.38. The van der Waals surface area contributed by atoms with E-state index < -0.39 is 5.60 Å². The van der Waals surface area contributed by atoms with Crippen molar-refractivity contribution in [1.29, 1.82) is 0 Å². The maximum absolute atomic E-state index is 11.8. The Hall–Kier alpha value is -1.56. The van der Waals surface area contributed by atoms with Crippen molar-refractivity contribution >= 4 is 6.09 Å². The average molecular weight is 294 g/mol. The van der Waals surface area contributed by atoms with E-state index in [1.165, 1.54) is 11.3 Å². The van der Waals surface area contributed by atoms with Crippen LogP contribution in [0.5, 0.6) is 0 Å². The number of carbonyl (C=O) groups excluding carboxylic acids is 1. The third kappa shape index (κ3) is 3.75. The molecule has 1 fully saturated rings. The summed E-state index contributed by atoms with van der Waals surface area (Å²) in [5.74, 6) is 0. The van der Waals surface area contributed by atoms with Crippen molar-refractivity contribution in [2.24, 2.45) is 7.05 Å². The first-order valence-corrected chi connectivity index (χ1v) is 7.38. The summed E-state index contributed by atoms with van der Waals surface area (Å²) < 4.78 is 7.24. The molecule has 0 bridgehead atoms. The summed E-state index contributed by atoms with van der Waals surface area (Å²) in [5.41, 5.74) is 3.06. The van der Waals surface area contributed by atoms with Gasteiger partial charge in [0.15, 0.2) is 0 Å². The second kappa shape index (κ2) is 5.67. The van der Waals surface area contributed by atoms with E-state index in [0.717, 1.165) is 12.2 Å². The summed E-state index contributed by atoms with van der Waals surface area (Å²) in [6.45, 7) is 11.9. The van der Waals surface area contributed by atoms with Crippen molar-refractivity contribution in [2.75, 3.05) is 13.1 Å². The standard InChI is InChI=1S/C15H26N4O2/c1-10-13(11(2)18(6)17-10)7-16-12-8-19(9-12)14(20)21-15(3,4)5/h12,16H,7-9H2,1-6H3. The summed E-state index contributed by atoms with van der Waals surface area (Å²) >= 11 is 0. The molecule has 21 heavy (non-hydrogen) atoms. The van der Waals surface area contributed by atoms with E-state index in [9.17, 15) is 4.79 Å². The number of nitrogens with zero attached hydrogens (tertiary/aromatic N) is 3. The molecule has 0 radical (unpaired) electrons. The second-order valence-electron chi connectivity index (χ2n) is 6.74. The molecule has 1 saturated heterocycles. The molecule has 2 rings (SSSR count). The molecular formula is C15H26N4O2. The zero-order chi connectivity index (χ0) is 15.8. The van der Waals surface area contributed by atoms with Crippen molar-refractivity contribution in [3.8, 4) is 0 Å². The lowest BCUT2D eigenvalue weighted by atomic mass is 10.1. The quantitative estimate of drug-likeness (QED) is 0.922. The van der Waals surface area contributed by atoms with Gasteiger partial charge in [0.25, 0.3) is 0 Å². The third-order valence-corrected chi connectivity index (χ3v) is 3.76. The van der Waals surface area contributed by atoms with Gasteiger partial charge in [-0.15, -0.1) is 0 Å². The fourth-order valence-electron chi connectivity index (χ4n) is 2.40. The van der Waals surface area contributed by atoms with Crippen LogP contribution in [0.3, 0.4) is 0 Å². The molecule has 1 aliphatic heterocycles. The molecule has 0 aliphatic carbocycles. The molecule has 1 aromatic heterocycles. The molecule has 1 aliphatic rings. The van der Waals surface area contributed by atoms with Gasteiger partial charge in [-0.05, 0) is 34.6 Å². The predicted octanol–water partition coefficient (Wildman–Crippen LogP) is 1.75. The minimum Gasteiger partial charge on any atom is -0.444 e. The highest BCUT2D eigenvalue weighted by Gasteiger charge is 2.33. The van der Waals surface area contributed by atoms with Gasteiger partial charge in [-0.2, -0.15) is 5.10 Å². The number of hydrogen-bond donors (Lipinski definition) is 1. The maximum Gasteiger partial charge on any atom is 0.410 e. The number of nitrogens with one attached hydrogen (secondary N) is 1. The van der Waals surface area contributed by atoms with Gasteiger partial charge in [0.2, 0.25) is 0 Å². The number of ether oxygens (including phenoxy) is 1. The number of hydrogen-bond acceptors (Lipinski definition) is 4. The first kappa shape index (κ1) is 15.8. The highest BCUT2D eigenvalue weighted by atomic mass is 16.6. The molecule has 118 valence electrons. The number of aryl methyl sites for hydroxylation is 2. The topological polar surface area (TPSA) is 59.4 Å². The maximum atomic E-state index is 11.8. The monoisotopic (exact) mass is 294 g/mol. The van der Waals surface area contributed by atoms with Crippen molar-refractivity contribution < 1.29 is 9.53 Å². The lowest BCUT2D eigenvalue weighted by molar-refractivity contribution is 0.00517. The Morgan fingerprint density at radius 2 is 2.00 bits per heavy atom. The van der Waals surface area contributed by atoms with E-state index in [2.05, 4.69) is 17.3 Å². The van der Waals surface area contributed by atoms with Crippen LogP contribution in [0.4, 0.5) is 4.79 Å². The Kier molecular flexibility index (Phi) is 4.27. The molecule has 0 saturated carbocycles. The van der Waals surface area contributed by atoms with E-state index in [0.29, 0.717) is 19.1 Å². The Balaban J connectivity index is 1.77. The fraction of sp³-hybridized carbons (Fsp3) is 0.733. The molecule has 0 spiro atoms. The molecule has 6 heteroatoms. The minimum absolute atomic E-state index is 0.228. The molecule has 0 unspecified atom stereocenters. The normalized spacial score (nSPS) is 16.0. The SMILES string of the molecule is Cc1nn(C)c(C)c1CNC1CN(C(=O)OC(C)(C)C)C1. The molecule has 1 aromatic rings. The molecule has 0 atom stereocenters. The van der Waals surface area contributed by atoms with Gasteiger partial charge in [0, 0.05) is 44.0 Å². The summed E-state index contributed by atoms with van der Waals surface area (Å²) in [5, 5.41) is 7.88. The summed E-state index contributed by atoms with van der Waals surface area (Å²) in [6, 6.07) is 0.330. The van der Waals surface area contributed by atoms with Crippen LogP contribution < -0.4 is 5.32 Å². The lowest BCUT2D eigenvalue weighted by Crippen LogP contribution is -2.60. The Labute approximate surface area is 126 Å². The van der Waals surface area contributed by atoms with E-state index >= 15 is 0 Å². The van der Waals surface area contributed by atoms with Gasteiger partial charge >= 0.3 is 6.09 Å². The number of rotatable bonds is 3. The molecular weight excluding hydrogens is 268 g/mol. The smallest absolute Gasteiger partial charge is 0.410 e. The van der Waals surface area contributed by atoms with Crippen LogP contribution in [0.1, 0.15) is 37.7 Å². The summed E-state index contributed by atoms with van der Waals surface area (Å²) in [4.78, 5) is 13.6. The van der Waals surface area contributed by atoms with Gasteiger partial charge in [0.1, 0.15) is 5.60 Å². The van der Waals surface area contributed by atoms with Gasteiger partial charge in [-0.25, -0.2) is 4.79 Å². The molecule has 1 amide bonds. The summed E-state index contributed by atoms with van der Waals surface area (Å²) in [6.07, 6.45) is -0.228. The van der Waals surface area contributed by atoms with Gasteiger partial charge in [-0.3, -0.25) is 4.68 Å². The van der Waals surface area contributed by atoms with E-state index in [4.69, 9.17) is 4.74 Å². The van der Waals surface area contributed by atoms with Crippen LogP contribution in [0.2, 0.25) is 0 Å². The van der Waals surface area contributed by atoms with E-state index in [1.807, 2.05) is 39.4 Å². The van der Waals surface area contributed by atoms with Gasteiger partial charge in [-0.1, -0.05) is 0 Å². The predicted molar refractivity (Wildman–Crippen MR) is 81.1 cm³/mol. The van der Waals surface area contributed by atoms with Gasteiger partial charge < -0.3 is 15.0 Å². The first-order chi connectivity index (χ1) is 9.67. The highest BCUT2D eigenvalue weighted by Crippen LogP contribution is 2.17. The molecule has 2 heterocycles. The van der Waals surface area contributed by atoms with Crippen molar-refractivity contribution in [2.45, 2.75) is 52.8 Å². The molecule has 0 aromatic carbocycles. The zero-order valence-electron chi connectivity index (χ0n) is 13.9. The van der Waals surface area contributed by atoms with Gasteiger partial charge in [0.05, 0.1) is 5.69 Å². The van der Waals surface area contributed by atoms with Crippen molar-refractivity contribution in [3.63, 3.8) is 0 Å². The van der Waals surface area contributed by atoms with Crippen LogP contribution in [-0.4, -0.2) is 45.5 Å². The van der Waals surface area contributed by atoms with Crippen LogP contribution in [-0.2, 0) is 18.3 Å². The Morgan fingerprint density at radius 1 is 1.38 bits per heavy atom. The highest BCUT2D eigenvalue weighted by molar-refractivity contribution is 5.69. The third-order valence-electron chi connectivity index (χ3n) is 3.76. The van der Waals surface area contributed by atoms with Crippen molar-refractivity contribution in [3.05, 3.63) is 17.0 Å². The lowest BCUT2D eigenvalue weighted by Gasteiger charge is -2.40. The van der Waals surface area contributed by atoms with Crippen molar-refractivity contribution in [1.82, 2.24) is 20.0 Å². The fourth-order valence-corrected chi connectivity index (χ4v) is 2.40. The number of carbonyl (C=O) groups is 1. The van der Waals surface area contributed by atoms with E-state index in [-0.39, 0.29) is 6.09 Å². The largest absolute Gasteiger partial charge is 0.444 e. The Morgan fingerprint density at radius 3 is 2.48 bits per heavy atom. The van der Waals surface area contributed by atoms with Crippen LogP contribution >= 0.6 is 0 Å². The second-order valence-corrected chi connectivity index (χ2v) is 6.74. The summed E-state index contributed by atoms with van der Waals surface area (Å²) in [7, 11) is 1.96. The Bertz CT molecular complexity index is 525. The number of aromatic nitrogens is 2.